The molecule has 1 aliphatic carbocycles. The summed E-state index contributed by atoms with van der Waals surface area (Å²) in [6.07, 6.45) is 11.5. The van der Waals surface area contributed by atoms with Crippen LogP contribution in [0.3, 0.4) is 0 Å². The lowest BCUT2D eigenvalue weighted by atomic mass is 9.79. The van der Waals surface area contributed by atoms with Crippen molar-refractivity contribution in [3.63, 3.8) is 0 Å². The van der Waals surface area contributed by atoms with Crippen LogP contribution in [0.4, 0.5) is 0 Å². The van der Waals surface area contributed by atoms with E-state index in [9.17, 15) is 9.59 Å². The summed E-state index contributed by atoms with van der Waals surface area (Å²) >= 11 is 0. The van der Waals surface area contributed by atoms with E-state index in [4.69, 9.17) is 9.84 Å². The number of allylic oxidation sites excluding steroid dienone is 1. The van der Waals surface area contributed by atoms with Crippen molar-refractivity contribution in [2.24, 2.45) is 11.8 Å². The van der Waals surface area contributed by atoms with Crippen molar-refractivity contribution in [3.8, 4) is 0 Å². The van der Waals surface area contributed by atoms with Crippen LogP contribution in [-0.4, -0.2) is 23.7 Å². The molecule has 0 aromatic heterocycles. The first-order chi connectivity index (χ1) is 9.66. The molecule has 0 heterocycles. The molecule has 114 valence electrons. The predicted molar refractivity (Wildman–Crippen MR) is 77.3 cm³/mol. The van der Waals surface area contributed by atoms with Crippen LogP contribution in [0.1, 0.15) is 58.3 Å². The minimum absolute atomic E-state index is 0.258. The number of carbonyl (C=O) groups is 2. The third kappa shape index (κ3) is 5.76. The Bertz CT molecular complexity index is 335. The molecule has 1 rings (SSSR count). The molecule has 2 atom stereocenters. The van der Waals surface area contributed by atoms with E-state index in [2.05, 4.69) is 6.92 Å². The topological polar surface area (TPSA) is 63.6 Å². The van der Waals surface area contributed by atoms with Gasteiger partial charge in [-0.25, -0.2) is 0 Å². The fourth-order valence-corrected chi connectivity index (χ4v) is 2.64. The molecule has 1 saturated carbocycles. The molecule has 0 amide bonds. The highest BCUT2D eigenvalue weighted by Crippen LogP contribution is 2.31. The van der Waals surface area contributed by atoms with Crippen molar-refractivity contribution in [2.75, 3.05) is 6.61 Å². The molecule has 0 aliphatic heterocycles. The van der Waals surface area contributed by atoms with Gasteiger partial charge in [-0.3, -0.25) is 9.59 Å². The van der Waals surface area contributed by atoms with E-state index in [1.165, 1.54) is 12.8 Å². The van der Waals surface area contributed by atoms with E-state index < -0.39 is 17.8 Å². The zero-order valence-electron chi connectivity index (χ0n) is 12.3. The molecule has 0 saturated heterocycles. The van der Waals surface area contributed by atoms with Gasteiger partial charge in [0.15, 0.2) is 0 Å². The predicted octanol–water partition coefficient (Wildman–Crippen LogP) is 3.56. The fraction of sp³-hybridized carbons (Fsp3) is 0.750. The Labute approximate surface area is 121 Å². The lowest BCUT2D eigenvalue weighted by molar-refractivity contribution is -0.158. The third-order valence-corrected chi connectivity index (χ3v) is 3.85. The summed E-state index contributed by atoms with van der Waals surface area (Å²) in [5.41, 5.74) is 0. The Morgan fingerprint density at radius 2 is 1.85 bits per heavy atom. The lowest BCUT2D eigenvalue weighted by Gasteiger charge is -2.26. The van der Waals surface area contributed by atoms with E-state index in [1.54, 1.807) is 0 Å². The molecule has 0 spiro atoms. The molecular formula is C16H26O4. The van der Waals surface area contributed by atoms with Crippen molar-refractivity contribution in [1.82, 2.24) is 0 Å². The van der Waals surface area contributed by atoms with Crippen LogP contribution in [0.15, 0.2) is 12.2 Å². The second kappa shape index (κ2) is 9.56. The van der Waals surface area contributed by atoms with Crippen molar-refractivity contribution in [3.05, 3.63) is 12.2 Å². The van der Waals surface area contributed by atoms with Gasteiger partial charge in [-0.2, -0.15) is 0 Å². The van der Waals surface area contributed by atoms with E-state index in [1.807, 2.05) is 12.2 Å². The minimum atomic E-state index is -0.873. The number of esters is 1. The van der Waals surface area contributed by atoms with Gasteiger partial charge in [0.05, 0.1) is 11.8 Å². The molecule has 4 nitrogen and oxygen atoms in total. The van der Waals surface area contributed by atoms with Crippen LogP contribution in [0, 0.1) is 11.8 Å². The SMILES string of the molecule is CCCCC/C=C/COC(=O)C1CCCCC1C(=O)O. The number of hydrogen-bond donors (Lipinski definition) is 1. The number of carbonyl (C=O) groups excluding carboxylic acids is 1. The van der Waals surface area contributed by atoms with Crippen LogP contribution < -0.4 is 0 Å². The average Bonchev–Trinajstić information content (AvgIpc) is 2.46. The van der Waals surface area contributed by atoms with Gasteiger partial charge in [-0.15, -0.1) is 0 Å². The molecule has 4 heteroatoms. The first-order valence-corrected chi connectivity index (χ1v) is 7.71. The van der Waals surface area contributed by atoms with Gasteiger partial charge in [-0.1, -0.05) is 44.8 Å². The Hall–Kier alpha value is -1.32. The molecule has 20 heavy (non-hydrogen) atoms. The first kappa shape index (κ1) is 16.7. The summed E-state index contributed by atoms with van der Waals surface area (Å²) in [6.45, 7) is 2.42. The smallest absolute Gasteiger partial charge is 0.310 e. The van der Waals surface area contributed by atoms with Crippen LogP contribution in [0.25, 0.3) is 0 Å². The Morgan fingerprint density at radius 3 is 2.50 bits per heavy atom. The summed E-state index contributed by atoms with van der Waals surface area (Å²) in [5, 5.41) is 9.13. The summed E-state index contributed by atoms with van der Waals surface area (Å²) in [6, 6.07) is 0. The van der Waals surface area contributed by atoms with Crippen LogP contribution in [0.2, 0.25) is 0 Å². The van der Waals surface area contributed by atoms with Gasteiger partial charge in [0.1, 0.15) is 6.61 Å². The van der Waals surface area contributed by atoms with Gasteiger partial charge in [0.2, 0.25) is 0 Å². The average molecular weight is 282 g/mol. The largest absolute Gasteiger partial charge is 0.481 e. The third-order valence-electron chi connectivity index (χ3n) is 3.85. The minimum Gasteiger partial charge on any atom is -0.481 e. The van der Waals surface area contributed by atoms with Crippen LogP contribution >= 0.6 is 0 Å². The zero-order chi connectivity index (χ0) is 14.8. The van der Waals surface area contributed by atoms with Gasteiger partial charge in [0, 0.05) is 0 Å². The van der Waals surface area contributed by atoms with E-state index >= 15 is 0 Å². The first-order valence-electron chi connectivity index (χ1n) is 7.71. The number of ether oxygens (including phenoxy) is 1. The summed E-state index contributed by atoms with van der Waals surface area (Å²) < 4.78 is 5.18. The molecule has 1 N–H and O–H groups in total. The highest BCUT2D eigenvalue weighted by atomic mass is 16.5. The maximum absolute atomic E-state index is 11.9. The van der Waals surface area contributed by atoms with Gasteiger partial charge in [-0.05, 0) is 25.7 Å². The summed E-state index contributed by atoms with van der Waals surface area (Å²) in [5.74, 6) is -2.25. The number of carboxylic acid groups (broad SMARTS) is 1. The van der Waals surface area contributed by atoms with E-state index in [0.29, 0.717) is 12.8 Å². The van der Waals surface area contributed by atoms with Crippen LogP contribution in [0.5, 0.6) is 0 Å². The lowest BCUT2D eigenvalue weighted by Crippen LogP contribution is -2.33. The Balaban J connectivity index is 2.28. The number of unbranched alkanes of at least 4 members (excludes halogenated alkanes) is 3. The zero-order valence-corrected chi connectivity index (χ0v) is 12.3. The Kier molecular flexibility index (Phi) is 8.00. The molecule has 0 aromatic carbocycles. The van der Waals surface area contributed by atoms with Crippen molar-refractivity contribution < 1.29 is 19.4 Å². The van der Waals surface area contributed by atoms with Gasteiger partial charge < -0.3 is 9.84 Å². The summed E-state index contributed by atoms with van der Waals surface area (Å²) in [7, 11) is 0. The number of carboxylic acids is 1. The second-order valence-electron chi connectivity index (χ2n) is 5.43. The van der Waals surface area contributed by atoms with Crippen molar-refractivity contribution in [2.45, 2.75) is 58.3 Å². The number of rotatable bonds is 8. The molecule has 0 aromatic rings. The fourth-order valence-electron chi connectivity index (χ4n) is 2.64. The molecule has 1 fully saturated rings. The highest BCUT2D eigenvalue weighted by Gasteiger charge is 2.36. The monoisotopic (exact) mass is 282 g/mol. The maximum atomic E-state index is 11.9. The molecule has 1 aliphatic rings. The van der Waals surface area contributed by atoms with Gasteiger partial charge in [0.25, 0.3) is 0 Å². The normalized spacial score (nSPS) is 22.9. The number of hydrogen-bond acceptors (Lipinski definition) is 3. The van der Waals surface area contributed by atoms with Crippen LogP contribution in [-0.2, 0) is 14.3 Å². The molecule has 0 radical (unpaired) electrons. The quantitative estimate of drug-likeness (QED) is 0.420. The molecule has 0 bridgehead atoms. The molecular weight excluding hydrogens is 256 g/mol. The second-order valence-corrected chi connectivity index (χ2v) is 5.43. The standard InChI is InChI=1S/C16H26O4/c1-2-3-4-5-6-9-12-20-16(19)14-11-8-7-10-13(14)15(17)18/h6,9,13-14H,2-5,7-8,10-12H2,1H3,(H,17,18)/b9-6+. The maximum Gasteiger partial charge on any atom is 0.310 e. The summed E-state index contributed by atoms with van der Waals surface area (Å²) in [4.78, 5) is 23.1. The van der Waals surface area contributed by atoms with E-state index in [0.717, 1.165) is 25.7 Å². The van der Waals surface area contributed by atoms with Crippen molar-refractivity contribution >= 4 is 11.9 Å². The van der Waals surface area contributed by atoms with Crippen molar-refractivity contribution in [1.29, 1.82) is 0 Å². The molecule has 2 unspecified atom stereocenters. The highest BCUT2D eigenvalue weighted by molar-refractivity contribution is 5.81. The Morgan fingerprint density at radius 1 is 1.15 bits per heavy atom. The number of aliphatic carboxylic acids is 1. The van der Waals surface area contributed by atoms with Gasteiger partial charge >= 0.3 is 11.9 Å². The van der Waals surface area contributed by atoms with E-state index in [-0.39, 0.29) is 12.6 Å².